The fraction of sp³-hybridized carbons (Fsp3) is 0.423. The standard InChI is InChI=1S/C26H33N5O3S/c1-3-34-22-10-8-19(9-11-22)25-28-29-26(35)31(25)17-14-24(32)27-21-12-15-30(16-13-21)18-20-6-4-5-7-23(20)33-2/h4-11,21H,3,12-18H2,1-2H3,(H,27,32)(H,29,35). The maximum absolute atomic E-state index is 12.7. The molecule has 0 atom stereocenters. The molecule has 35 heavy (non-hydrogen) atoms. The second kappa shape index (κ2) is 12.0. The number of H-pyrrole nitrogens is 1. The summed E-state index contributed by atoms with van der Waals surface area (Å²) >= 11 is 5.41. The molecule has 1 amide bonds. The van der Waals surface area contributed by atoms with Crippen molar-refractivity contribution in [2.45, 2.75) is 45.3 Å². The summed E-state index contributed by atoms with van der Waals surface area (Å²) in [6, 6.07) is 16.0. The fourth-order valence-corrected chi connectivity index (χ4v) is 4.66. The third-order valence-corrected chi connectivity index (χ3v) is 6.60. The van der Waals surface area contributed by atoms with Crippen LogP contribution in [0.5, 0.6) is 11.5 Å². The third kappa shape index (κ3) is 6.49. The van der Waals surface area contributed by atoms with Gasteiger partial charge < -0.3 is 14.8 Å². The monoisotopic (exact) mass is 495 g/mol. The van der Waals surface area contributed by atoms with Crippen molar-refractivity contribution in [1.29, 1.82) is 0 Å². The van der Waals surface area contributed by atoms with Crippen LogP contribution in [0.3, 0.4) is 0 Å². The molecule has 1 aliphatic rings. The van der Waals surface area contributed by atoms with Crippen LogP contribution in [0.15, 0.2) is 48.5 Å². The molecule has 0 spiro atoms. The number of methoxy groups -OCH3 is 1. The van der Waals surface area contributed by atoms with Crippen LogP contribution >= 0.6 is 12.2 Å². The van der Waals surface area contributed by atoms with E-state index in [9.17, 15) is 4.79 Å². The smallest absolute Gasteiger partial charge is 0.222 e. The minimum absolute atomic E-state index is 0.0360. The van der Waals surface area contributed by atoms with Crippen LogP contribution in [0.4, 0.5) is 0 Å². The van der Waals surface area contributed by atoms with E-state index in [4.69, 9.17) is 21.7 Å². The Hall–Kier alpha value is -3.17. The number of carbonyl (C=O) groups excluding carboxylic acids is 1. The average molecular weight is 496 g/mol. The summed E-state index contributed by atoms with van der Waals surface area (Å²) in [5.74, 6) is 2.49. The van der Waals surface area contributed by atoms with Gasteiger partial charge in [0.05, 0.1) is 13.7 Å². The Bertz CT molecular complexity index is 1170. The zero-order valence-electron chi connectivity index (χ0n) is 20.3. The van der Waals surface area contributed by atoms with Gasteiger partial charge in [-0.3, -0.25) is 19.4 Å². The Kier molecular flexibility index (Phi) is 8.54. The van der Waals surface area contributed by atoms with E-state index in [1.165, 1.54) is 5.56 Å². The molecule has 1 fully saturated rings. The summed E-state index contributed by atoms with van der Waals surface area (Å²) < 4.78 is 13.4. The zero-order chi connectivity index (χ0) is 24.6. The number of piperidine rings is 1. The molecular formula is C26H33N5O3S. The molecule has 186 valence electrons. The van der Waals surface area contributed by atoms with Crippen LogP contribution in [-0.4, -0.2) is 58.4 Å². The molecule has 4 rings (SSSR count). The summed E-state index contributed by atoms with van der Waals surface area (Å²) in [7, 11) is 1.71. The quantitative estimate of drug-likeness (QED) is 0.411. The number of amides is 1. The Labute approximate surface area is 211 Å². The van der Waals surface area contributed by atoms with Gasteiger partial charge in [-0.1, -0.05) is 18.2 Å². The van der Waals surface area contributed by atoms with Gasteiger partial charge in [-0.05, 0) is 62.3 Å². The molecule has 2 N–H and O–H groups in total. The predicted octanol–water partition coefficient (Wildman–Crippen LogP) is 4.19. The molecule has 1 saturated heterocycles. The normalized spacial score (nSPS) is 14.6. The predicted molar refractivity (Wildman–Crippen MR) is 138 cm³/mol. The Balaban J connectivity index is 1.27. The van der Waals surface area contributed by atoms with Crippen molar-refractivity contribution in [2.24, 2.45) is 0 Å². The number of aromatic amines is 1. The second-order valence-electron chi connectivity index (χ2n) is 8.64. The first kappa shape index (κ1) is 24.9. The average Bonchev–Trinajstić information content (AvgIpc) is 3.25. The lowest BCUT2D eigenvalue weighted by atomic mass is 10.0. The van der Waals surface area contributed by atoms with E-state index in [1.807, 2.05) is 54.0 Å². The van der Waals surface area contributed by atoms with Crippen molar-refractivity contribution < 1.29 is 14.3 Å². The number of ether oxygens (including phenoxy) is 2. The Morgan fingerprint density at radius 3 is 2.63 bits per heavy atom. The van der Waals surface area contributed by atoms with Crippen LogP contribution < -0.4 is 14.8 Å². The molecule has 2 aromatic carbocycles. The first-order valence-corrected chi connectivity index (χ1v) is 12.5. The van der Waals surface area contributed by atoms with E-state index in [0.29, 0.717) is 24.3 Å². The van der Waals surface area contributed by atoms with Crippen LogP contribution in [-0.2, 0) is 17.9 Å². The molecule has 1 aliphatic heterocycles. The van der Waals surface area contributed by atoms with E-state index >= 15 is 0 Å². The SMILES string of the molecule is CCOc1ccc(-c2n[nH]c(=S)n2CCC(=O)NC2CCN(Cc3ccccc3OC)CC2)cc1. The number of rotatable bonds is 10. The fourth-order valence-electron chi connectivity index (χ4n) is 4.44. The van der Waals surface area contributed by atoms with Gasteiger partial charge in [-0.25, -0.2) is 0 Å². The molecule has 9 heteroatoms. The first-order chi connectivity index (χ1) is 17.1. The van der Waals surface area contributed by atoms with Crippen LogP contribution in [0.2, 0.25) is 0 Å². The van der Waals surface area contributed by atoms with Gasteiger partial charge in [-0.15, -0.1) is 0 Å². The first-order valence-electron chi connectivity index (χ1n) is 12.1. The summed E-state index contributed by atoms with van der Waals surface area (Å²) in [4.78, 5) is 15.1. The van der Waals surface area contributed by atoms with Crippen LogP contribution in [0.1, 0.15) is 31.7 Å². The van der Waals surface area contributed by atoms with E-state index < -0.39 is 0 Å². The molecule has 2 heterocycles. The molecule has 1 aromatic heterocycles. The van der Waals surface area contributed by atoms with Gasteiger partial charge in [0.15, 0.2) is 10.6 Å². The van der Waals surface area contributed by atoms with Crippen LogP contribution in [0, 0.1) is 4.77 Å². The maximum Gasteiger partial charge on any atom is 0.222 e. The van der Waals surface area contributed by atoms with Crippen LogP contribution in [0.25, 0.3) is 11.4 Å². The van der Waals surface area contributed by atoms with Gasteiger partial charge in [0.1, 0.15) is 11.5 Å². The molecular weight excluding hydrogens is 462 g/mol. The Morgan fingerprint density at radius 2 is 1.91 bits per heavy atom. The summed E-state index contributed by atoms with van der Waals surface area (Å²) in [5.41, 5.74) is 2.11. The molecule has 3 aromatic rings. The molecule has 0 aliphatic carbocycles. The highest BCUT2D eigenvalue weighted by atomic mass is 32.1. The lowest BCUT2D eigenvalue weighted by Crippen LogP contribution is -2.44. The van der Waals surface area contributed by atoms with Crippen molar-refractivity contribution in [1.82, 2.24) is 25.0 Å². The maximum atomic E-state index is 12.7. The summed E-state index contributed by atoms with van der Waals surface area (Å²) in [6.07, 6.45) is 2.21. The van der Waals surface area contributed by atoms with Gasteiger partial charge in [-0.2, -0.15) is 5.10 Å². The number of likely N-dealkylation sites (tertiary alicyclic amines) is 1. The summed E-state index contributed by atoms with van der Waals surface area (Å²) in [5, 5.41) is 10.4. The number of hydrogen-bond donors (Lipinski definition) is 2. The number of aromatic nitrogens is 3. The number of para-hydroxylation sites is 1. The number of carbonyl (C=O) groups is 1. The van der Waals surface area contributed by atoms with Gasteiger partial charge in [0.25, 0.3) is 0 Å². The molecule has 8 nitrogen and oxygen atoms in total. The molecule has 0 bridgehead atoms. The van der Waals surface area contributed by atoms with Crippen molar-refractivity contribution in [3.05, 3.63) is 58.9 Å². The highest BCUT2D eigenvalue weighted by molar-refractivity contribution is 7.71. The number of nitrogens with one attached hydrogen (secondary N) is 2. The van der Waals surface area contributed by atoms with Crippen molar-refractivity contribution in [3.63, 3.8) is 0 Å². The minimum atomic E-state index is 0.0360. The van der Waals surface area contributed by atoms with Crippen molar-refractivity contribution in [3.8, 4) is 22.9 Å². The van der Waals surface area contributed by atoms with E-state index in [1.54, 1.807) is 7.11 Å². The van der Waals surface area contributed by atoms with Crippen molar-refractivity contribution in [2.75, 3.05) is 26.8 Å². The zero-order valence-corrected chi connectivity index (χ0v) is 21.1. The van der Waals surface area contributed by atoms with E-state index in [2.05, 4.69) is 26.5 Å². The lowest BCUT2D eigenvalue weighted by Gasteiger charge is -2.32. The second-order valence-corrected chi connectivity index (χ2v) is 9.03. The summed E-state index contributed by atoms with van der Waals surface area (Å²) in [6.45, 7) is 5.78. The van der Waals surface area contributed by atoms with Gasteiger partial charge >= 0.3 is 0 Å². The third-order valence-electron chi connectivity index (χ3n) is 6.28. The van der Waals surface area contributed by atoms with E-state index in [0.717, 1.165) is 55.4 Å². The molecule has 0 saturated carbocycles. The van der Waals surface area contributed by atoms with E-state index in [-0.39, 0.29) is 11.9 Å². The minimum Gasteiger partial charge on any atom is -0.496 e. The topological polar surface area (TPSA) is 84.4 Å². The van der Waals surface area contributed by atoms with Gasteiger partial charge in [0, 0.05) is 49.8 Å². The largest absolute Gasteiger partial charge is 0.496 e. The lowest BCUT2D eigenvalue weighted by molar-refractivity contribution is -0.122. The molecule has 0 unspecified atom stereocenters. The number of nitrogens with zero attached hydrogens (tertiary/aromatic N) is 3. The highest BCUT2D eigenvalue weighted by Gasteiger charge is 2.21. The number of hydrogen-bond acceptors (Lipinski definition) is 6. The number of benzene rings is 2. The highest BCUT2D eigenvalue weighted by Crippen LogP contribution is 2.23. The van der Waals surface area contributed by atoms with Gasteiger partial charge in [0.2, 0.25) is 5.91 Å². The Morgan fingerprint density at radius 1 is 1.17 bits per heavy atom. The van der Waals surface area contributed by atoms with Crippen molar-refractivity contribution >= 4 is 18.1 Å². The molecule has 0 radical (unpaired) electrons.